The Labute approximate surface area is 151 Å². The highest BCUT2D eigenvalue weighted by molar-refractivity contribution is 7.11. The average Bonchev–Trinajstić information content (AvgIpc) is 3.06. The van der Waals surface area contributed by atoms with E-state index in [4.69, 9.17) is 0 Å². The molecule has 132 valence electrons. The fourth-order valence-electron chi connectivity index (χ4n) is 2.22. The van der Waals surface area contributed by atoms with Crippen LogP contribution in [0, 0.1) is 5.21 Å². The second kappa shape index (κ2) is 7.50. The van der Waals surface area contributed by atoms with Gasteiger partial charge in [0, 0.05) is 18.6 Å². The van der Waals surface area contributed by atoms with Crippen molar-refractivity contribution in [2.24, 2.45) is 4.99 Å². The number of hydrogen-bond acceptors (Lipinski definition) is 6. The Hall–Kier alpha value is -2.98. The molecule has 0 spiro atoms. The zero-order chi connectivity index (χ0) is 18.7. The van der Waals surface area contributed by atoms with Crippen LogP contribution in [0.3, 0.4) is 0 Å². The van der Waals surface area contributed by atoms with Crippen LogP contribution < -0.4 is 10.0 Å². The van der Waals surface area contributed by atoms with Gasteiger partial charge in [0.2, 0.25) is 4.80 Å². The van der Waals surface area contributed by atoms with Gasteiger partial charge in [-0.2, -0.15) is 20.0 Å². The molecule has 2 N–H and O–H groups in total. The van der Waals surface area contributed by atoms with Gasteiger partial charge in [-0.3, -0.25) is 9.59 Å². The molecule has 1 heterocycles. The zero-order valence-electron chi connectivity index (χ0n) is 13.6. The summed E-state index contributed by atoms with van der Waals surface area (Å²) in [4.78, 5) is 28.3. The van der Waals surface area contributed by atoms with Crippen LogP contribution in [-0.2, 0) is 0 Å². The van der Waals surface area contributed by atoms with Crippen LogP contribution in [0.2, 0.25) is 0 Å². The zero-order valence-corrected chi connectivity index (χ0v) is 14.4. The topological polar surface area (TPSA) is 112 Å². The third-order valence-electron chi connectivity index (χ3n) is 3.44. The molecule has 0 saturated carbocycles. The monoisotopic (exact) mass is 370 g/mol. The van der Waals surface area contributed by atoms with Crippen LogP contribution >= 0.6 is 11.3 Å². The SMILES string of the molecule is CC(=O)c1nn(-c2ccccc2[NH+]([O-])O)c(=NC(=O)c2ccccc2)s1. The second-order valence-electron chi connectivity index (χ2n) is 5.26. The lowest BCUT2D eigenvalue weighted by atomic mass is 10.2. The van der Waals surface area contributed by atoms with E-state index in [0.29, 0.717) is 5.56 Å². The third kappa shape index (κ3) is 3.65. The number of nitrogens with zero attached hydrogens (tertiary/aromatic N) is 3. The van der Waals surface area contributed by atoms with Crippen molar-refractivity contribution in [1.29, 1.82) is 0 Å². The highest BCUT2D eigenvalue weighted by Gasteiger charge is 2.17. The summed E-state index contributed by atoms with van der Waals surface area (Å²) < 4.78 is 1.21. The predicted octanol–water partition coefficient (Wildman–Crippen LogP) is 1.28. The van der Waals surface area contributed by atoms with Crippen LogP contribution in [-0.4, -0.2) is 26.7 Å². The third-order valence-corrected chi connectivity index (χ3v) is 4.45. The Morgan fingerprint density at radius 2 is 1.81 bits per heavy atom. The van der Waals surface area contributed by atoms with Crippen LogP contribution in [0.5, 0.6) is 0 Å². The summed E-state index contributed by atoms with van der Waals surface area (Å²) in [7, 11) is 0. The Morgan fingerprint density at radius 3 is 2.46 bits per heavy atom. The minimum atomic E-state index is -1.15. The van der Waals surface area contributed by atoms with E-state index in [-0.39, 0.29) is 27.0 Å². The van der Waals surface area contributed by atoms with Gasteiger partial charge in [-0.1, -0.05) is 41.7 Å². The van der Waals surface area contributed by atoms with E-state index < -0.39 is 11.1 Å². The van der Waals surface area contributed by atoms with Gasteiger partial charge in [0.15, 0.2) is 16.5 Å². The largest absolute Gasteiger partial charge is 0.595 e. The van der Waals surface area contributed by atoms with Crippen molar-refractivity contribution in [3.63, 3.8) is 0 Å². The molecule has 0 bridgehead atoms. The van der Waals surface area contributed by atoms with E-state index in [0.717, 1.165) is 11.3 Å². The normalized spacial score (nSPS) is 12.8. The van der Waals surface area contributed by atoms with Crippen molar-refractivity contribution >= 4 is 28.7 Å². The summed E-state index contributed by atoms with van der Waals surface area (Å²) in [5.41, 5.74) is 0.591. The number of Topliss-reactive ketones (excluding diaryl/α,β-unsaturated/α-hetero) is 1. The molecule has 8 nitrogen and oxygen atoms in total. The number of quaternary nitrogens is 1. The standard InChI is InChI=1S/C17H14N4O4S/c1-11(22)16-19-20(13-9-5-6-10-14(13)21(24)25)17(26-16)18-15(23)12-7-3-2-4-8-12/h2-10,21,24H,1H3. The molecule has 26 heavy (non-hydrogen) atoms. The molecule has 0 aliphatic heterocycles. The summed E-state index contributed by atoms with van der Waals surface area (Å²) >= 11 is 0.928. The van der Waals surface area contributed by atoms with Gasteiger partial charge in [-0.05, 0) is 18.2 Å². The number of carbonyl (C=O) groups excluding carboxylic acids is 2. The highest BCUT2D eigenvalue weighted by Crippen LogP contribution is 2.15. The summed E-state index contributed by atoms with van der Waals surface area (Å²) in [6.07, 6.45) is 0. The van der Waals surface area contributed by atoms with Gasteiger partial charge in [0.1, 0.15) is 5.69 Å². The van der Waals surface area contributed by atoms with E-state index in [1.807, 2.05) is 0 Å². The lowest BCUT2D eigenvalue weighted by Gasteiger charge is -2.14. The molecular formula is C17H14N4O4S. The fourth-order valence-corrected chi connectivity index (χ4v) is 3.02. The van der Waals surface area contributed by atoms with E-state index in [1.165, 1.54) is 17.7 Å². The van der Waals surface area contributed by atoms with E-state index in [2.05, 4.69) is 10.1 Å². The van der Waals surface area contributed by atoms with Crippen LogP contribution in [0.15, 0.2) is 59.6 Å². The van der Waals surface area contributed by atoms with Gasteiger partial charge in [-0.15, -0.1) is 0 Å². The van der Waals surface area contributed by atoms with Gasteiger partial charge >= 0.3 is 0 Å². The summed E-state index contributed by atoms with van der Waals surface area (Å²) in [6, 6.07) is 14.6. The number of rotatable bonds is 4. The molecule has 1 amide bonds. The number of hydrogen-bond donors (Lipinski definition) is 2. The number of nitrogens with one attached hydrogen (secondary N) is 1. The van der Waals surface area contributed by atoms with Gasteiger partial charge in [0.25, 0.3) is 5.91 Å². The minimum absolute atomic E-state index is 0.0125. The number of benzene rings is 2. The fraction of sp³-hybridized carbons (Fsp3) is 0.0588. The highest BCUT2D eigenvalue weighted by atomic mass is 32.1. The Morgan fingerprint density at radius 1 is 1.15 bits per heavy atom. The second-order valence-corrected chi connectivity index (χ2v) is 6.22. The van der Waals surface area contributed by atoms with Crippen molar-refractivity contribution in [1.82, 2.24) is 9.78 Å². The van der Waals surface area contributed by atoms with E-state index in [9.17, 15) is 20.0 Å². The van der Waals surface area contributed by atoms with Crippen molar-refractivity contribution in [2.75, 3.05) is 0 Å². The molecule has 0 aliphatic carbocycles. The quantitative estimate of drug-likeness (QED) is 0.531. The lowest BCUT2D eigenvalue weighted by Crippen LogP contribution is -2.99. The molecule has 3 aromatic rings. The van der Waals surface area contributed by atoms with Crippen molar-refractivity contribution in [3.8, 4) is 5.69 Å². The average molecular weight is 370 g/mol. The van der Waals surface area contributed by atoms with E-state index in [1.54, 1.807) is 48.5 Å². The van der Waals surface area contributed by atoms with Gasteiger partial charge < -0.3 is 5.21 Å². The van der Waals surface area contributed by atoms with Crippen molar-refractivity contribution in [3.05, 3.63) is 75.2 Å². The molecule has 1 unspecified atom stereocenters. The molecule has 1 aromatic heterocycles. The Bertz CT molecular complexity index is 1020. The molecule has 2 aromatic carbocycles. The number of ketones is 1. The number of amides is 1. The smallest absolute Gasteiger partial charge is 0.279 e. The summed E-state index contributed by atoms with van der Waals surface area (Å²) in [6.45, 7) is 1.34. The molecule has 3 rings (SSSR count). The van der Waals surface area contributed by atoms with Gasteiger partial charge in [-0.25, -0.2) is 5.21 Å². The first-order chi connectivity index (χ1) is 12.5. The summed E-state index contributed by atoms with van der Waals surface area (Å²) in [5, 5.41) is 24.0. The molecule has 0 aliphatic rings. The number of carbonyl (C=O) groups is 2. The maximum Gasteiger partial charge on any atom is 0.279 e. The Balaban J connectivity index is 2.20. The predicted molar refractivity (Wildman–Crippen MR) is 93.6 cm³/mol. The lowest BCUT2D eigenvalue weighted by molar-refractivity contribution is -0.991. The molecule has 0 saturated heterocycles. The molecular weight excluding hydrogens is 356 g/mol. The molecule has 0 fully saturated rings. The van der Waals surface area contributed by atoms with Gasteiger partial charge in [0.05, 0.1) is 0 Å². The van der Waals surface area contributed by atoms with Crippen LogP contribution in [0.25, 0.3) is 5.69 Å². The Kier molecular flexibility index (Phi) is 5.14. The maximum atomic E-state index is 12.4. The number of para-hydroxylation sites is 2. The first-order valence-corrected chi connectivity index (χ1v) is 8.37. The number of aromatic nitrogens is 2. The van der Waals surface area contributed by atoms with E-state index >= 15 is 0 Å². The minimum Gasteiger partial charge on any atom is -0.595 e. The summed E-state index contributed by atoms with van der Waals surface area (Å²) in [5.74, 6) is -0.809. The molecule has 9 heteroatoms. The van der Waals surface area contributed by atoms with Crippen LogP contribution in [0.4, 0.5) is 5.69 Å². The molecule has 1 atom stereocenters. The van der Waals surface area contributed by atoms with Crippen molar-refractivity contribution in [2.45, 2.75) is 6.92 Å². The first kappa shape index (κ1) is 17.8. The first-order valence-electron chi connectivity index (χ1n) is 7.55. The van der Waals surface area contributed by atoms with Crippen molar-refractivity contribution < 1.29 is 20.0 Å². The van der Waals surface area contributed by atoms with Crippen LogP contribution in [0.1, 0.15) is 27.1 Å². The maximum absolute atomic E-state index is 12.4. The molecule has 0 radical (unpaired) electrons.